The summed E-state index contributed by atoms with van der Waals surface area (Å²) in [7, 11) is 0. The topological polar surface area (TPSA) is 69.1 Å². The Labute approximate surface area is 78.9 Å². The van der Waals surface area contributed by atoms with Crippen LogP contribution >= 0.6 is 0 Å². The Kier molecular flexibility index (Phi) is 2.06. The van der Waals surface area contributed by atoms with E-state index >= 15 is 0 Å². The highest BCUT2D eigenvalue weighted by Crippen LogP contribution is 2.48. The molecule has 0 heterocycles. The van der Waals surface area contributed by atoms with Crippen molar-refractivity contribution >= 4 is 5.91 Å². The second kappa shape index (κ2) is 2.98. The van der Waals surface area contributed by atoms with Crippen molar-refractivity contribution in [3.8, 4) is 0 Å². The van der Waals surface area contributed by atoms with Gasteiger partial charge < -0.3 is 11.5 Å². The number of amides is 1. The van der Waals surface area contributed by atoms with Gasteiger partial charge in [-0.25, -0.2) is 0 Å². The third-order valence-corrected chi connectivity index (χ3v) is 3.68. The van der Waals surface area contributed by atoms with Crippen LogP contribution in [0.4, 0.5) is 0 Å². The molecular formula is C10H18N2O. The minimum Gasteiger partial charge on any atom is -0.370 e. The van der Waals surface area contributed by atoms with Gasteiger partial charge in [0.1, 0.15) is 0 Å². The maximum absolute atomic E-state index is 10.7. The van der Waals surface area contributed by atoms with Crippen molar-refractivity contribution in [3.05, 3.63) is 0 Å². The summed E-state index contributed by atoms with van der Waals surface area (Å²) < 4.78 is 0. The van der Waals surface area contributed by atoms with Crippen LogP contribution in [0.2, 0.25) is 0 Å². The molecule has 2 rings (SSSR count). The molecule has 2 fully saturated rings. The van der Waals surface area contributed by atoms with Gasteiger partial charge in [-0.15, -0.1) is 0 Å². The summed E-state index contributed by atoms with van der Waals surface area (Å²) in [6.45, 7) is 0. The molecule has 0 atom stereocenters. The molecule has 3 nitrogen and oxygen atoms in total. The molecule has 2 aliphatic rings. The molecule has 2 saturated carbocycles. The number of hydrogen-bond donors (Lipinski definition) is 2. The maximum Gasteiger partial charge on any atom is 0.219 e. The third-order valence-electron chi connectivity index (χ3n) is 3.68. The molecule has 4 N–H and O–H groups in total. The van der Waals surface area contributed by atoms with Crippen LogP contribution in [0.1, 0.15) is 38.5 Å². The summed E-state index contributed by atoms with van der Waals surface area (Å²) in [5.41, 5.74) is 10.9. The van der Waals surface area contributed by atoms with E-state index in [0.29, 0.717) is 6.42 Å². The standard InChI is InChI=1S/C10H18N2O/c11-9(13)6-10(12)4-8(5-10)7-2-1-3-7/h7-8H,1-6,12H2,(H2,11,13). The predicted octanol–water partition coefficient (Wildman–Crippen LogP) is 0.769. The van der Waals surface area contributed by atoms with Crippen LogP contribution < -0.4 is 11.5 Å². The molecule has 0 aromatic heterocycles. The average Bonchev–Trinajstić information content (AvgIpc) is 1.77. The van der Waals surface area contributed by atoms with E-state index in [9.17, 15) is 4.79 Å². The van der Waals surface area contributed by atoms with Crippen LogP contribution in [0, 0.1) is 11.8 Å². The summed E-state index contributed by atoms with van der Waals surface area (Å²) in [5, 5.41) is 0. The fourth-order valence-electron chi connectivity index (χ4n) is 2.72. The SMILES string of the molecule is NC(=O)CC1(N)CC(C2CCC2)C1. The van der Waals surface area contributed by atoms with Crippen LogP contribution in [-0.4, -0.2) is 11.4 Å². The van der Waals surface area contributed by atoms with Crippen LogP contribution in [0.15, 0.2) is 0 Å². The van der Waals surface area contributed by atoms with Crippen LogP contribution in [-0.2, 0) is 4.79 Å². The fraction of sp³-hybridized carbons (Fsp3) is 0.900. The number of hydrogen-bond acceptors (Lipinski definition) is 2. The van der Waals surface area contributed by atoms with Crippen LogP contribution in [0.25, 0.3) is 0 Å². The third kappa shape index (κ3) is 1.70. The first-order valence-corrected chi connectivity index (χ1v) is 5.16. The van der Waals surface area contributed by atoms with Crippen LogP contribution in [0.5, 0.6) is 0 Å². The van der Waals surface area contributed by atoms with Crippen molar-refractivity contribution in [3.63, 3.8) is 0 Å². The van der Waals surface area contributed by atoms with E-state index < -0.39 is 0 Å². The first-order valence-electron chi connectivity index (χ1n) is 5.16. The van der Waals surface area contributed by atoms with Gasteiger partial charge >= 0.3 is 0 Å². The van der Waals surface area contributed by atoms with Gasteiger partial charge in [0.15, 0.2) is 0 Å². The molecule has 13 heavy (non-hydrogen) atoms. The van der Waals surface area contributed by atoms with Gasteiger partial charge in [0, 0.05) is 12.0 Å². The molecule has 0 aromatic rings. The van der Waals surface area contributed by atoms with E-state index in [1.165, 1.54) is 19.3 Å². The summed E-state index contributed by atoms with van der Waals surface area (Å²) in [6.07, 6.45) is 6.53. The van der Waals surface area contributed by atoms with Crippen molar-refractivity contribution in [2.45, 2.75) is 44.1 Å². The molecule has 0 bridgehead atoms. The largest absolute Gasteiger partial charge is 0.370 e. The fourth-order valence-corrected chi connectivity index (χ4v) is 2.72. The lowest BCUT2D eigenvalue weighted by molar-refractivity contribution is -0.120. The lowest BCUT2D eigenvalue weighted by Gasteiger charge is -2.50. The van der Waals surface area contributed by atoms with Gasteiger partial charge in [-0.05, 0) is 24.7 Å². The van der Waals surface area contributed by atoms with E-state index in [4.69, 9.17) is 11.5 Å². The zero-order chi connectivity index (χ0) is 9.47. The highest BCUT2D eigenvalue weighted by molar-refractivity contribution is 5.75. The van der Waals surface area contributed by atoms with E-state index in [-0.39, 0.29) is 11.4 Å². The molecule has 0 spiro atoms. The van der Waals surface area contributed by atoms with Gasteiger partial charge in [-0.3, -0.25) is 4.79 Å². The number of rotatable bonds is 3. The van der Waals surface area contributed by atoms with Gasteiger partial charge in [-0.1, -0.05) is 19.3 Å². The highest BCUT2D eigenvalue weighted by Gasteiger charge is 2.46. The molecular weight excluding hydrogens is 164 g/mol. The van der Waals surface area contributed by atoms with E-state index in [1.807, 2.05) is 0 Å². The smallest absolute Gasteiger partial charge is 0.219 e. The Bertz CT molecular complexity index is 217. The van der Waals surface area contributed by atoms with Gasteiger partial charge in [0.25, 0.3) is 0 Å². The van der Waals surface area contributed by atoms with E-state index in [0.717, 1.165) is 24.7 Å². The molecule has 2 aliphatic carbocycles. The van der Waals surface area contributed by atoms with Crippen molar-refractivity contribution in [2.75, 3.05) is 0 Å². The van der Waals surface area contributed by atoms with Gasteiger partial charge in [0.05, 0.1) is 0 Å². The molecule has 3 heteroatoms. The number of nitrogens with two attached hydrogens (primary N) is 2. The maximum atomic E-state index is 10.7. The van der Waals surface area contributed by atoms with Crippen molar-refractivity contribution < 1.29 is 4.79 Å². The second-order valence-electron chi connectivity index (χ2n) is 4.86. The average molecular weight is 182 g/mol. The van der Waals surface area contributed by atoms with Crippen molar-refractivity contribution in [1.82, 2.24) is 0 Å². The quantitative estimate of drug-likeness (QED) is 0.677. The summed E-state index contributed by atoms with van der Waals surface area (Å²) >= 11 is 0. The number of carbonyl (C=O) groups excluding carboxylic acids is 1. The van der Waals surface area contributed by atoms with Crippen molar-refractivity contribution in [1.29, 1.82) is 0 Å². The summed E-state index contributed by atoms with van der Waals surface area (Å²) in [4.78, 5) is 10.7. The summed E-state index contributed by atoms with van der Waals surface area (Å²) in [6, 6.07) is 0. The highest BCUT2D eigenvalue weighted by atomic mass is 16.1. The Balaban J connectivity index is 1.78. The normalized spacial score (nSPS) is 39.3. The first-order chi connectivity index (χ1) is 6.09. The molecule has 0 aromatic carbocycles. The molecule has 0 radical (unpaired) electrons. The minimum absolute atomic E-state index is 0.244. The Morgan fingerprint density at radius 1 is 1.31 bits per heavy atom. The summed E-state index contributed by atoms with van der Waals surface area (Å²) in [5.74, 6) is 1.44. The van der Waals surface area contributed by atoms with Crippen LogP contribution in [0.3, 0.4) is 0 Å². The number of carbonyl (C=O) groups is 1. The second-order valence-corrected chi connectivity index (χ2v) is 4.86. The van der Waals surface area contributed by atoms with E-state index in [2.05, 4.69) is 0 Å². The monoisotopic (exact) mass is 182 g/mol. The molecule has 0 saturated heterocycles. The van der Waals surface area contributed by atoms with Crippen molar-refractivity contribution in [2.24, 2.45) is 23.3 Å². The molecule has 0 unspecified atom stereocenters. The van der Waals surface area contributed by atoms with Gasteiger partial charge in [-0.2, -0.15) is 0 Å². The van der Waals surface area contributed by atoms with E-state index in [1.54, 1.807) is 0 Å². The zero-order valence-corrected chi connectivity index (χ0v) is 7.96. The Morgan fingerprint density at radius 2 is 1.92 bits per heavy atom. The lowest BCUT2D eigenvalue weighted by Crippen LogP contribution is -2.56. The molecule has 1 amide bonds. The van der Waals surface area contributed by atoms with Gasteiger partial charge in [0.2, 0.25) is 5.91 Å². The zero-order valence-electron chi connectivity index (χ0n) is 7.96. The molecule has 0 aliphatic heterocycles. The molecule has 74 valence electrons. The number of primary amides is 1. The Morgan fingerprint density at radius 3 is 2.31 bits per heavy atom. The minimum atomic E-state index is -0.255. The Hall–Kier alpha value is -0.570. The lowest BCUT2D eigenvalue weighted by atomic mass is 9.58. The predicted molar refractivity (Wildman–Crippen MR) is 50.8 cm³/mol. The first kappa shape index (κ1) is 9.00.